The maximum Gasteiger partial charge on any atom is 0.132 e. The molecule has 0 unspecified atom stereocenters. The molecule has 0 aliphatic rings. The second-order valence-corrected chi connectivity index (χ2v) is 4.61. The van der Waals surface area contributed by atoms with E-state index in [1.807, 2.05) is 19.1 Å². The minimum Gasteiger partial charge on any atom is -0.489 e. The SMILES string of the molecule is CC[C@@H](N)c1ccc(OCc2ccc(F)cc2F)cc1. The molecule has 2 N–H and O–H groups in total. The summed E-state index contributed by atoms with van der Waals surface area (Å²) in [7, 11) is 0. The molecule has 0 heterocycles. The van der Waals surface area contributed by atoms with Gasteiger partial charge < -0.3 is 10.5 Å². The molecule has 0 aromatic heterocycles. The van der Waals surface area contributed by atoms with Crippen molar-refractivity contribution >= 4 is 0 Å². The molecule has 2 aromatic rings. The van der Waals surface area contributed by atoms with Crippen molar-refractivity contribution in [2.45, 2.75) is 26.0 Å². The van der Waals surface area contributed by atoms with E-state index in [1.54, 1.807) is 12.1 Å². The van der Waals surface area contributed by atoms with Gasteiger partial charge in [0, 0.05) is 17.7 Å². The van der Waals surface area contributed by atoms with Gasteiger partial charge in [0.2, 0.25) is 0 Å². The highest BCUT2D eigenvalue weighted by Crippen LogP contribution is 2.19. The van der Waals surface area contributed by atoms with Crippen LogP contribution in [0, 0.1) is 11.6 Å². The van der Waals surface area contributed by atoms with Gasteiger partial charge in [0.25, 0.3) is 0 Å². The lowest BCUT2D eigenvalue weighted by molar-refractivity contribution is 0.299. The molecule has 2 aromatic carbocycles. The van der Waals surface area contributed by atoms with Crippen molar-refractivity contribution in [3.8, 4) is 5.75 Å². The maximum absolute atomic E-state index is 13.4. The summed E-state index contributed by atoms with van der Waals surface area (Å²) in [6.07, 6.45) is 0.862. The van der Waals surface area contributed by atoms with Crippen LogP contribution in [0.5, 0.6) is 5.75 Å². The zero-order valence-electron chi connectivity index (χ0n) is 11.3. The van der Waals surface area contributed by atoms with Crippen molar-refractivity contribution in [1.29, 1.82) is 0 Å². The van der Waals surface area contributed by atoms with Crippen molar-refractivity contribution in [1.82, 2.24) is 0 Å². The Hall–Kier alpha value is -1.94. The molecule has 106 valence electrons. The topological polar surface area (TPSA) is 35.2 Å². The van der Waals surface area contributed by atoms with Crippen molar-refractivity contribution in [3.63, 3.8) is 0 Å². The van der Waals surface area contributed by atoms with Crippen LogP contribution in [0.1, 0.15) is 30.5 Å². The Balaban J connectivity index is 2.00. The van der Waals surface area contributed by atoms with E-state index in [0.717, 1.165) is 18.1 Å². The molecule has 0 bridgehead atoms. The molecule has 0 saturated heterocycles. The van der Waals surface area contributed by atoms with Crippen LogP contribution in [0.4, 0.5) is 8.78 Å². The number of nitrogens with two attached hydrogens (primary N) is 1. The number of ether oxygens (including phenoxy) is 1. The minimum atomic E-state index is -0.602. The lowest BCUT2D eigenvalue weighted by Crippen LogP contribution is -2.08. The van der Waals surface area contributed by atoms with Gasteiger partial charge in [-0.1, -0.05) is 19.1 Å². The van der Waals surface area contributed by atoms with Crippen molar-refractivity contribution < 1.29 is 13.5 Å². The molecule has 0 aliphatic heterocycles. The average Bonchev–Trinajstić information content (AvgIpc) is 2.46. The molecule has 20 heavy (non-hydrogen) atoms. The predicted octanol–water partition coefficient (Wildman–Crippen LogP) is 3.95. The monoisotopic (exact) mass is 277 g/mol. The van der Waals surface area contributed by atoms with E-state index in [0.29, 0.717) is 11.3 Å². The molecule has 0 spiro atoms. The number of benzene rings is 2. The average molecular weight is 277 g/mol. The van der Waals surface area contributed by atoms with Crippen LogP contribution in [0.25, 0.3) is 0 Å². The van der Waals surface area contributed by atoms with E-state index in [2.05, 4.69) is 0 Å². The second-order valence-electron chi connectivity index (χ2n) is 4.61. The van der Waals surface area contributed by atoms with E-state index in [4.69, 9.17) is 10.5 Å². The van der Waals surface area contributed by atoms with E-state index in [9.17, 15) is 8.78 Å². The molecule has 2 nitrogen and oxygen atoms in total. The van der Waals surface area contributed by atoms with Crippen LogP contribution in [-0.4, -0.2) is 0 Å². The van der Waals surface area contributed by atoms with Gasteiger partial charge >= 0.3 is 0 Å². The highest BCUT2D eigenvalue weighted by Gasteiger charge is 2.06. The Morgan fingerprint density at radius 3 is 2.40 bits per heavy atom. The molecule has 2 rings (SSSR count). The van der Waals surface area contributed by atoms with E-state index in [1.165, 1.54) is 12.1 Å². The lowest BCUT2D eigenvalue weighted by Gasteiger charge is -2.11. The lowest BCUT2D eigenvalue weighted by atomic mass is 10.1. The number of rotatable bonds is 5. The van der Waals surface area contributed by atoms with Gasteiger partial charge in [-0.05, 0) is 36.2 Å². The fourth-order valence-corrected chi connectivity index (χ4v) is 1.85. The third-order valence-corrected chi connectivity index (χ3v) is 3.16. The first-order valence-corrected chi connectivity index (χ1v) is 6.52. The van der Waals surface area contributed by atoms with Crippen LogP contribution in [0.2, 0.25) is 0 Å². The summed E-state index contributed by atoms with van der Waals surface area (Å²) < 4.78 is 31.7. The van der Waals surface area contributed by atoms with Crippen molar-refractivity contribution in [2.75, 3.05) is 0 Å². The molecule has 1 atom stereocenters. The van der Waals surface area contributed by atoms with Gasteiger partial charge in [-0.15, -0.1) is 0 Å². The number of halogens is 2. The van der Waals surface area contributed by atoms with Crippen LogP contribution in [0.15, 0.2) is 42.5 Å². The van der Waals surface area contributed by atoms with Crippen molar-refractivity contribution in [2.24, 2.45) is 5.73 Å². The minimum absolute atomic E-state index is 0.0126. The molecule has 0 saturated carbocycles. The first-order chi connectivity index (χ1) is 9.60. The molecule has 0 amide bonds. The van der Waals surface area contributed by atoms with Gasteiger partial charge in [-0.25, -0.2) is 8.78 Å². The third-order valence-electron chi connectivity index (χ3n) is 3.16. The highest BCUT2D eigenvalue weighted by atomic mass is 19.1. The van der Waals surface area contributed by atoms with Crippen LogP contribution >= 0.6 is 0 Å². The Labute approximate surface area is 117 Å². The largest absolute Gasteiger partial charge is 0.489 e. The third kappa shape index (κ3) is 3.54. The van der Waals surface area contributed by atoms with Crippen LogP contribution in [0.3, 0.4) is 0 Å². The molecule has 0 radical (unpaired) electrons. The Bertz CT molecular complexity index is 569. The van der Waals surface area contributed by atoms with Crippen LogP contribution < -0.4 is 10.5 Å². The molecular formula is C16H17F2NO. The van der Waals surface area contributed by atoms with Gasteiger partial charge in [0.1, 0.15) is 24.0 Å². The van der Waals surface area contributed by atoms with Gasteiger partial charge in [0.05, 0.1) is 0 Å². The maximum atomic E-state index is 13.4. The first-order valence-electron chi connectivity index (χ1n) is 6.52. The summed E-state index contributed by atoms with van der Waals surface area (Å²) in [5, 5.41) is 0. The predicted molar refractivity (Wildman–Crippen MR) is 74.4 cm³/mol. The standard InChI is InChI=1S/C16H17F2NO/c1-2-16(19)11-4-7-14(8-5-11)20-10-12-3-6-13(17)9-15(12)18/h3-9,16H,2,10,19H2,1H3/t16-/m1/s1. The summed E-state index contributed by atoms with van der Waals surface area (Å²) in [4.78, 5) is 0. The van der Waals surface area contributed by atoms with E-state index < -0.39 is 11.6 Å². The smallest absolute Gasteiger partial charge is 0.132 e. The van der Waals surface area contributed by atoms with E-state index >= 15 is 0 Å². The van der Waals surface area contributed by atoms with E-state index in [-0.39, 0.29) is 12.6 Å². The summed E-state index contributed by atoms with van der Waals surface area (Å²) in [5.74, 6) is -0.570. The van der Waals surface area contributed by atoms with Gasteiger partial charge in [-0.2, -0.15) is 0 Å². The molecule has 0 fully saturated rings. The molecular weight excluding hydrogens is 260 g/mol. The molecule has 0 aliphatic carbocycles. The fraction of sp³-hybridized carbons (Fsp3) is 0.250. The quantitative estimate of drug-likeness (QED) is 0.898. The Kier molecular flexibility index (Phi) is 4.69. The number of hydrogen-bond donors (Lipinski definition) is 1. The van der Waals surface area contributed by atoms with Crippen molar-refractivity contribution in [3.05, 3.63) is 65.2 Å². The first kappa shape index (κ1) is 14.5. The zero-order valence-corrected chi connectivity index (χ0v) is 11.3. The summed E-state index contributed by atoms with van der Waals surface area (Å²) in [6.45, 7) is 2.08. The Morgan fingerprint density at radius 1 is 1.10 bits per heavy atom. The number of hydrogen-bond acceptors (Lipinski definition) is 2. The summed E-state index contributed by atoms with van der Waals surface area (Å²) in [5.41, 5.74) is 7.27. The molecule has 4 heteroatoms. The summed E-state index contributed by atoms with van der Waals surface area (Å²) >= 11 is 0. The van der Waals surface area contributed by atoms with Crippen LogP contribution in [-0.2, 0) is 6.61 Å². The highest BCUT2D eigenvalue weighted by molar-refractivity contribution is 5.29. The van der Waals surface area contributed by atoms with Gasteiger partial charge in [0.15, 0.2) is 0 Å². The second kappa shape index (κ2) is 6.48. The zero-order chi connectivity index (χ0) is 14.5. The van der Waals surface area contributed by atoms with Gasteiger partial charge in [-0.3, -0.25) is 0 Å². The normalized spacial score (nSPS) is 12.2. The fourth-order valence-electron chi connectivity index (χ4n) is 1.85. The Morgan fingerprint density at radius 2 is 1.80 bits per heavy atom. The summed E-state index contributed by atoms with van der Waals surface area (Å²) in [6, 6.07) is 10.8.